The maximum atomic E-state index is 10.7. The molecule has 0 aliphatic heterocycles. The molecule has 0 bridgehead atoms. The first kappa shape index (κ1) is 11.6. The van der Waals surface area contributed by atoms with Crippen LogP contribution in [0.4, 0.5) is 0 Å². The van der Waals surface area contributed by atoms with Gasteiger partial charge in [0.1, 0.15) is 5.78 Å². The van der Waals surface area contributed by atoms with Crippen LogP contribution in [0.1, 0.15) is 32.6 Å². The van der Waals surface area contributed by atoms with Gasteiger partial charge in [-0.1, -0.05) is 6.42 Å². The molecule has 1 heterocycles. The van der Waals surface area contributed by atoms with Crippen molar-refractivity contribution in [2.75, 3.05) is 0 Å². The van der Waals surface area contributed by atoms with Crippen molar-refractivity contribution in [2.45, 2.75) is 39.2 Å². The van der Waals surface area contributed by atoms with Gasteiger partial charge in [0.2, 0.25) is 0 Å². The third kappa shape index (κ3) is 3.65. The van der Waals surface area contributed by atoms with Gasteiger partial charge in [0.15, 0.2) is 11.8 Å². The molecule has 84 valence electrons. The molecule has 15 heavy (non-hydrogen) atoms. The average Bonchev–Trinajstić information content (AvgIpc) is 2.47. The molecule has 4 nitrogen and oxygen atoms in total. The summed E-state index contributed by atoms with van der Waals surface area (Å²) in [4.78, 5) is 10.7. The van der Waals surface area contributed by atoms with Crippen LogP contribution < -0.4 is 0 Å². The highest BCUT2D eigenvalue weighted by molar-refractivity contribution is 5.75. The Morgan fingerprint density at radius 3 is 2.33 bits per heavy atom. The molecule has 1 aromatic rings. The summed E-state index contributed by atoms with van der Waals surface area (Å²) in [5.74, 6) is 0.375. The molecule has 0 saturated carbocycles. The molecule has 0 atom stereocenters. The van der Waals surface area contributed by atoms with E-state index < -0.39 is 0 Å². The second kappa shape index (κ2) is 5.44. The van der Waals surface area contributed by atoms with E-state index in [0.29, 0.717) is 13.0 Å². The molecule has 0 aliphatic rings. The second-order valence-electron chi connectivity index (χ2n) is 3.71. The Hall–Kier alpha value is -1.45. The van der Waals surface area contributed by atoms with Crippen LogP contribution in [0.5, 0.6) is 11.8 Å². The molecular formula is C11H17NO3. The van der Waals surface area contributed by atoms with Crippen molar-refractivity contribution in [3.8, 4) is 11.8 Å². The van der Waals surface area contributed by atoms with Crippen LogP contribution in [-0.4, -0.2) is 20.6 Å². The molecule has 0 radical (unpaired) electrons. The number of carbonyl (C=O) groups excluding carboxylic acids is 1. The molecule has 0 fully saturated rings. The van der Waals surface area contributed by atoms with Gasteiger partial charge in [-0.05, 0) is 19.8 Å². The molecule has 0 spiro atoms. The van der Waals surface area contributed by atoms with Crippen LogP contribution in [0, 0.1) is 0 Å². The van der Waals surface area contributed by atoms with Crippen molar-refractivity contribution in [1.29, 1.82) is 0 Å². The lowest BCUT2D eigenvalue weighted by Gasteiger charge is -2.05. The average molecular weight is 211 g/mol. The second-order valence-corrected chi connectivity index (χ2v) is 3.71. The first-order valence-corrected chi connectivity index (χ1v) is 5.18. The third-order valence-electron chi connectivity index (χ3n) is 2.35. The molecular weight excluding hydrogens is 194 g/mol. The minimum Gasteiger partial charge on any atom is -0.494 e. The van der Waals surface area contributed by atoms with Crippen molar-refractivity contribution < 1.29 is 15.0 Å². The predicted octanol–water partition coefficient (Wildman–Crippen LogP) is 2.05. The number of ketones is 1. The predicted molar refractivity (Wildman–Crippen MR) is 56.9 cm³/mol. The first-order chi connectivity index (χ1) is 7.11. The Morgan fingerprint density at radius 1 is 1.20 bits per heavy atom. The Labute approximate surface area is 89.2 Å². The summed E-state index contributed by atoms with van der Waals surface area (Å²) in [5.41, 5.74) is 0. The van der Waals surface area contributed by atoms with Gasteiger partial charge in [-0.2, -0.15) is 0 Å². The van der Waals surface area contributed by atoms with Crippen molar-refractivity contribution >= 4 is 5.78 Å². The SMILES string of the molecule is CC(=O)CCCCCn1c(O)ccc1O. The number of rotatable bonds is 6. The number of unbranched alkanes of at least 4 members (excludes halogenated alkanes) is 2. The van der Waals surface area contributed by atoms with Crippen molar-refractivity contribution in [2.24, 2.45) is 0 Å². The number of aromatic nitrogens is 1. The molecule has 0 unspecified atom stereocenters. The van der Waals surface area contributed by atoms with E-state index in [1.807, 2.05) is 0 Å². The first-order valence-electron chi connectivity index (χ1n) is 5.18. The third-order valence-corrected chi connectivity index (χ3v) is 2.35. The molecule has 1 aromatic heterocycles. The van der Waals surface area contributed by atoms with Gasteiger partial charge in [-0.15, -0.1) is 0 Å². The highest BCUT2D eigenvalue weighted by atomic mass is 16.3. The van der Waals surface area contributed by atoms with Crippen molar-refractivity contribution in [3.63, 3.8) is 0 Å². The summed E-state index contributed by atoms with van der Waals surface area (Å²) in [6.07, 6.45) is 3.27. The maximum Gasteiger partial charge on any atom is 0.193 e. The van der Waals surface area contributed by atoms with Crippen LogP contribution in [0.2, 0.25) is 0 Å². The lowest BCUT2D eigenvalue weighted by Crippen LogP contribution is -1.97. The maximum absolute atomic E-state index is 10.7. The Bertz CT molecular complexity index is 311. The minimum absolute atomic E-state index is 0.0825. The number of aromatic hydroxyl groups is 2. The highest BCUT2D eigenvalue weighted by Crippen LogP contribution is 2.21. The minimum atomic E-state index is 0.0825. The van der Waals surface area contributed by atoms with Crippen LogP contribution in [0.25, 0.3) is 0 Å². The van der Waals surface area contributed by atoms with E-state index >= 15 is 0 Å². The van der Waals surface area contributed by atoms with Crippen LogP contribution in [-0.2, 0) is 11.3 Å². The molecule has 0 aromatic carbocycles. The normalized spacial score (nSPS) is 10.5. The van der Waals surface area contributed by atoms with E-state index in [4.69, 9.17) is 0 Å². The number of hydrogen-bond acceptors (Lipinski definition) is 3. The number of hydrogen-bond donors (Lipinski definition) is 2. The smallest absolute Gasteiger partial charge is 0.193 e. The molecule has 0 saturated heterocycles. The van der Waals surface area contributed by atoms with Crippen molar-refractivity contribution in [1.82, 2.24) is 4.57 Å². The fraction of sp³-hybridized carbons (Fsp3) is 0.545. The molecule has 1 rings (SSSR count). The summed E-state index contributed by atoms with van der Waals surface area (Å²) in [7, 11) is 0. The van der Waals surface area contributed by atoms with Crippen LogP contribution in [0.3, 0.4) is 0 Å². The molecule has 0 amide bonds. The number of nitrogens with zero attached hydrogens (tertiary/aromatic N) is 1. The number of Topliss-reactive ketones (excluding diaryl/α,β-unsaturated/α-hetero) is 1. The van der Waals surface area contributed by atoms with Gasteiger partial charge >= 0.3 is 0 Å². The summed E-state index contributed by atoms with van der Waals surface area (Å²) in [6.45, 7) is 2.17. The lowest BCUT2D eigenvalue weighted by molar-refractivity contribution is -0.117. The fourth-order valence-corrected chi connectivity index (χ4v) is 1.50. The fourth-order valence-electron chi connectivity index (χ4n) is 1.50. The van der Waals surface area contributed by atoms with E-state index in [9.17, 15) is 15.0 Å². The van der Waals surface area contributed by atoms with Crippen molar-refractivity contribution in [3.05, 3.63) is 12.1 Å². The quantitative estimate of drug-likeness (QED) is 0.708. The van der Waals surface area contributed by atoms with E-state index in [1.165, 1.54) is 16.7 Å². The van der Waals surface area contributed by atoms with Gasteiger partial charge in [0, 0.05) is 25.1 Å². The largest absolute Gasteiger partial charge is 0.494 e. The number of carbonyl (C=O) groups is 1. The standard InChI is InChI=1S/C11H17NO3/c1-9(13)5-3-2-4-8-12-10(14)6-7-11(12)15/h6-7,14-15H,2-5,8H2,1H3. The lowest BCUT2D eigenvalue weighted by atomic mass is 10.1. The van der Waals surface area contributed by atoms with Gasteiger partial charge in [-0.3, -0.25) is 4.57 Å². The zero-order chi connectivity index (χ0) is 11.3. The topological polar surface area (TPSA) is 62.5 Å². The van der Waals surface area contributed by atoms with Gasteiger partial charge in [0.05, 0.1) is 0 Å². The zero-order valence-corrected chi connectivity index (χ0v) is 8.94. The van der Waals surface area contributed by atoms with E-state index in [0.717, 1.165) is 19.3 Å². The van der Waals surface area contributed by atoms with Crippen LogP contribution in [0.15, 0.2) is 12.1 Å². The monoisotopic (exact) mass is 211 g/mol. The molecule has 0 aliphatic carbocycles. The molecule has 4 heteroatoms. The van der Waals surface area contributed by atoms with Gasteiger partial charge in [-0.25, -0.2) is 0 Å². The van der Waals surface area contributed by atoms with Crippen LogP contribution >= 0.6 is 0 Å². The highest BCUT2D eigenvalue weighted by Gasteiger charge is 2.04. The molecule has 2 N–H and O–H groups in total. The van der Waals surface area contributed by atoms with E-state index in [1.54, 1.807) is 6.92 Å². The summed E-state index contributed by atoms with van der Waals surface area (Å²) >= 11 is 0. The summed E-state index contributed by atoms with van der Waals surface area (Å²) < 4.78 is 1.45. The summed E-state index contributed by atoms with van der Waals surface area (Å²) in [5, 5.41) is 18.6. The zero-order valence-electron chi connectivity index (χ0n) is 8.94. The van der Waals surface area contributed by atoms with Gasteiger partial charge in [0.25, 0.3) is 0 Å². The van der Waals surface area contributed by atoms with E-state index in [2.05, 4.69) is 0 Å². The Morgan fingerprint density at radius 2 is 1.80 bits per heavy atom. The summed E-state index contributed by atoms with van der Waals surface area (Å²) in [6, 6.07) is 2.93. The van der Waals surface area contributed by atoms with E-state index in [-0.39, 0.29) is 17.5 Å². The Kier molecular flexibility index (Phi) is 4.21. The van der Waals surface area contributed by atoms with Gasteiger partial charge < -0.3 is 15.0 Å². The Balaban J connectivity index is 2.23.